The molecule has 0 atom stereocenters. The highest BCUT2D eigenvalue weighted by atomic mass is 79.9. The largest absolute Gasteiger partial charge is 0.368 e. The van der Waals surface area contributed by atoms with Crippen molar-refractivity contribution in [1.82, 2.24) is 14.5 Å². The molecule has 2 aromatic heterocycles. The molecule has 1 aliphatic heterocycles. The summed E-state index contributed by atoms with van der Waals surface area (Å²) in [5, 5.41) is 0. The molecule has 0 N–H and O–H groups in total. The summed E-state index contributed by atoms with van der Waals surface area (Å²) < 4.78 is 2.50. The van der Waals surface area contributed by atoms with Gasteiger partial charge in [-0.05, 0) is 41.2 Å². The molecule has 1 aliphatic rings. The van der Waals surface area contributed by atoms with Crippen molar-refractivity contribution in [3.63, 3.8) is 0 Å². The highest BCUT2D eigenvalue weighted by Gasteiger charge is 2.14. The van der Waals surface area contributed by atoms with Gasteiger partial charge in [-0.2, -0.15) is 0 Å². The van der Waals surface area contributed by atoms with Gasteiger partial charge in [-0.15, -0.1) is 0 Å². The summed E-state index contributed by atoms with van der Waals surface area (Å²) in [6.45, 7) is 4.22. The molecule has 0 spiro atoms. The normalized spacial score (nSPS) is 15.9. The summed E-state index contributed by atoms with van der Waals surface area (Å²) in [6.07, 6.45) is 4.24. The molecule has 1 fully saturated rings. The smallest absolute Gasteiger partial charge is 0.253 e. The molecule has 3 heterocycles. The summed E-state index contributed by atoms with van der Waals surface area (Å²) in [7, 11) is 3.91. The highest BCUT2D eigenvalue weighted by molar-refractivity contribution is 9.10. The molecule has 0 unspecified atom stereocenters. The van der Waals surface area contributed by atoms with Gasteiger partial charge in [0.25, 0.3) is 5.56 Å². The van der Waals surface area contributed by atoms with Crippen LogP contribution in [0.3, 0.4) is 0 Å². The Morgan fingerprint density at radius 1 is 1.17 bits per heavy atom. The molecule has 23 heavy (non-hydrogen) atoms. The first-order chi connectivity index (χ1) is 11.0. The standard InChI is InChI=1S/C17H21BrN4O/c1-20-5-7-22(8-6-20)16-4-3-15(19-11-16)10-13-9-14(18)12-21(2)17(13)23/h3-4,9,11-12H,5-8,10H2,1-2H3. The third kappa shape index (κ3) is 3.82. The second-order valence-electron chi connectivity index (χ2n) is 6.07. The van der Waals surface area contributed by atoms with E-state index in [1.165, 1.54) is 0 Å². The lowest BCUT2D eigenvalue weighted by Crippen LogP contribution is -2.44. The zero-order chi connectivity index (χ0) is 16.4. The maximum Gasteiger partial charge on any atom is 0.253 e. The highest BCUT2D eigenvalue weighted by Crippen LogP contribution is 2.17. The predicted octanol–water partition coefficient (Wildman–Crippen LogP) is 1.89. The fraction of sp³-hybridized carbons (Fsp3) is 0.412. The van der Waals surface area contributed by atoms with Gasteiger partial charge in [-0.25, -0.2) is 0 Å². The Morgan fingerprint density at radius 2 is 1.91 bits per heavy atom. The quantitative estimate of drug-likeness (QED) is 0.819. The van der Waals surface area contributed by atoms with E-state index in [1.54, 1.807) is 17.8 Å². The van der Waals surface area contributed by atoms with Crippen LogP contribution in [0.25, 0.3) is 0 Å². The molecule has 0 bridgehead atoms. The second kappa shape index (κ2) is 6.84. The summed E-state index contributed by atoms with van der Waals surface area (Å²) in [5.74, 6) is 0. The molecule has 122 valence electrons. The lowest BCUT2D eigenvalue weighted by Gasteiger charge is -2.33. The van der Waals surface area contributed by atoms with Gasteiger partial charge in [0.2, 0.25) is 0 Å². The van der Waals surface area contributed by atoms with Crippen molar-refractivity contribution in [1.29, 1.82) is 0 Å². The molecule has 1 saturated heterocycles. The van der Waals surface area contributed by atoms with Crippen LogP contribution in [-0.2, 0) is 13.5 Å². The van der Waals surface area contributed by atoms with Gasteiger partial charge in [0.1, 0.15) is 0 Å². The van der Waals surface area contributed by atoms with E-state index in [4.69, 9.17) is 0 Å². The third-order valence-corrected chi connectivity index (χ3v) is 4.71. The van der Waals surface area contributed by atoms with Crippen LogP contribution in [0.1, 0.15) is 11.3 Å². The van der Waals surface area contributed by atoms with Crippen LogP contribution >= 0.6 is 15.9 Å². The van der Waals surface area contributed by atoms with E-state index < -0.39 is 0 Å². The monoisotopic (exact) mass is 376 g/mol. The molecule has 2 aromatic rings. The Labute approximate surface area is 144 Å². The maximum atomic E-state index is 12.2. The van der Waals surface area contributed by atoms with Crippen molar-refractivity contribution < 1.29 is 0 Å². The van der Waals surface area contributed by atoms with Crippen molar-refractivity contribution in [3.05, 3.63) is 56.7 Å². The van der Waals surface area contributed by atoms with Crippen molar-refractivity contribution >= 4 is 21.6 Å². The SMILES string of the molecule is CN1CCN(c2ccc(Cc3cc(Br)cn(C)c3=O)nc2)CC1. The first kappa shape index (κ1) is 16.2. The minimum absolute atomic E-state index is 0.0261. The van der Waals surface area contributed by atoms with Gasteiger partial charge in [-0.1, -0.05) is 0 Å². The minimum atomic E-state index is 0.0261. The number of nitrogens with zero attached hydrogens (tertiary/aromatic N) is 4. The predicted molar refractivity (Wildman–Crippen MR) is 96.1 cm³/mol. The summed E-state index contributed by atoms with van der Waals surface area (Å²) in [4.78, 5) is 21.4. The average molecular weight is 377 g/mol. The van der Waals surface area contributed by atoms with E-state index in [-0.39, 0.29) is 5.56 Å². The van der Waals surface area contributed by atoms with Gasteiger partial charge < -0.3 is 14.4 Å². The number of halogens is 1. The average Bonchev–Trinajstić information content (AvgIpc) is 2.54. The molecular formula is C17H21BrN4O. The number of anilines is 1. The Hall–Kier alpha value is -1.66. The molecule has 3 rings (SSSR count). The minimum Gasteiger partial charge on any atom is -0.368 e. The van der Waals surface area contributed by atoms with Gasteiger partial charge in [0.05, 0.1) is 11.9 Å². The van der Waals surface area contributed by atoms with Gasteiger partial charge in [-0.3, -0.25) is 9.78 Å². The second-order valence-corrected chi connectivity index (χ2v) is 6.99. The van der Waals surface area contributed by atoms with Crippen LogP contribution in [-0.4, -0.2) is 47.7 Å². The number of pyridine rings is 2. The zero-order valence-electron chi connectivity index (χ0n) is 13.5. The fourth-order valence-electron chi connectivity index (χ4n) is 2.83. The molecule has 5 nitrogen and oxygen atoms in total. The molecule has 0 radical (unpaired) electrons. The molecule has 0 aliphatic carbocycles. The Bertz CT molecular complexity index is 733. The van der Waals surface area contributed by atoms with E-state index in [0.29, 0.717) is 6.42 Å². The molecule has 6 heteroatoms. The number of piperazine rings is 1. The molecule has 0 saturated carbocycles. The van der Waals surface area contributed by atoms with E-state index in [1.807, 2.05) is 18.3 Å². The van der Waals surface area contributed by atoms with Crippen LogP contribution in [0.5, 0.6) is 0 Å². The van der Waals surface area contributed by atoms with Crippen LogP contribution in [0.4, 0.5) is 5.69 Å². The number of hydrogen-bond acceptors (Lipinski definition) is 4. The number of aryl methyl sites for hydroxylation is 1. The van der Waals surface area contributed by atoms with Gasteiger partial charge in [0, 0.05) is 61.6 Å². The summed E-state index contributed by atoms with van der Waals surface area (Å²) in [6, 6.07) is 6.00. The van der Waals surface area contributed by atoms with Crippen LogP contribution in [0.15, 0.2) is 39.9 Å². The van der Waals surface area contributed by atoms with Crippen LogP contribution in [0.2, 0.25) is 0 Å². The van der Waals surface area contributed by atoms with E-state index in [2.05, 4.69) is 43.8 Å². The first-order valence-electron chi connectivity index (χ1n) is 7.76. The van der Waals surface area contributed by atoms with E-state index in [9.17, 15) is 4.79 Å². The lowest BCUT2D eigenvalue weighted by atomic mass is 10.1. The first-order valence-corrected chi connectivity index (χ1v) is 8.56. The van der Waals surface area contributed by atoms with Crippen molar-refractivity contribution in [2.45, 2.75) is 6.42 Å². The lowest BCUT2D eigenvalue weighted by molar-refractivity contribution is 0.313. The van der Waals surface area contributed by atoms with Crippen molar-refractivity contribution in [3.8, 4) is 0 Å². The van der Waals surface area contributed by atoms with Crippen LogP contribution < -0.4 is 10.5 Å². The van der Waals surface area contributed by atoms with Gasteiger partial charge in [0.15, 0.2) is 0 Å². The maximum absolute atomic E-state index is 12.2. The zero-order valence-corrected chi connectivity index (χ0v) is 15.1. The Morgan fingerprint density at radius 3 is 2.57 bits per heavy atom. The van der Waals surface area contributed by atoms with Crippen molar-refractivity contribution in [2.75, 3.05) is 38.1 Å². The summed E-state index contributed by atoms with van der Waals surface area (Å²) >= 11 is 3.44. The Kier molecular flexibility index (Phi) is 4.82. The van der Waals surface area contributed by atoms with Crippen molar-refractivity contribution in [2.24, 2.45) is 7.05 Å². The molecule has 0 amide bonds. The molecular weight excluding hydrogens is 356 g/mol. The number of likely N-dealkylation sites (N-methyl/N-ethyl adjacent to an activating group) is 1. The summed E-state index contributed by atoms with van der Waals surface area (Å²) in [5.41, 5.74) is 2.85. The Balaban J connectivity index is 1.74. The number of rotatable bonds is 3. The number of aromatic nitrogens is 2. The molecule has 0 aromatic carbocycles. The topological polar surface area (TPSA) is 41.4 Å². The van der Waals surface area contributed by atoms with Crippen LogP contribution in [0, 0.1) is 0 Å². The number of hydrogen-bond donors (Lipinski definition) is 0. The van der Waals surface area contributed by atoms with Gasteiger partial charge >= 0.3 is 0 Å². The third-order valence-electron chi connectivity index (χ3n) is 4.27. The van der Waals surface area contributed by atoms with E-state index in [0.717, 1.165) is 47.6 Å². The van der Waals surface area contributed by atoms with E-state index >= 15 is 0 Å². The fourth-order valence-corrected chi connectivity index (χ4v) is 3.41.